The first-order valence-corrected chi connectivity index (χ1v) is 15.9. The zero-order chi connectivity index (χ0) is 29.0. The number of fused-ring (bicyclic) bond motifs is 5. The van der Waals surface area contributed by atoms with E-state index in [9.17, 15) is 0 Å². The first-order chi connectivity index (χ1) is 21.8. The molecule has 0 nitrogen and oxygen atoms in total. The van der Waals surface area contributed by atoms with E-state index in [-0.39, 0.29) is 0 Å². The quantitative estimate of drug-likeness (QED) is 0.189. The number of hydrogen-bond donors (Lipinski definition) is 0. The molecule has 2 aliphatic rings. The SMILES string of the molecule is C1=C(C2=c3ccccc3=C(c3c4ccccc4c(-c4cccc5ccccc45)c4ccccc34)CC2)CCc2ccccc21. The molecule has 0 unspecified atom stereocenters. The van der Waals surface area contributed by atoms with E-state index in [1.165, 1.54) is 87.3 Å². The smallest absolute Gasteiger partial charge is 0.00201 e. The van der Waals surface area contributed by atoms with Gasteiger partial charge in [0.1, 0.15) is 0 Å². The second-order valence-electron chi connectivity index (χ2n) is 12.2. The van der Waals surface area contributed by atoms with Crippen molar-refractivity contribution in [3.05, 3.63) is 172 Å². The van der Waals surface area contributed by atoms with Gasteiger partial charge >= 0.3 is 0 Å². The molecule has 7 aromatic rings. The van der Waals surface area contributed by atoms with Crippen molar-refractivity contribution in [2.24, 2.45) is 0 Å². The van der Waals surface area contributed by atoms with Crippen molar-refractivity contribution in [2.45, 2.75) is 25.7 Å². The van der Waals surface area contributed by atoms with Crippen LogP contribution in [0.4, 0.5) is 0 Å². The van der Waals surface area contributed by atoms with Crippen LogP contribution in [0.1, 0.15) is 36.0 Å². The van der Waals surface area contributed by atoms with Crippen LogP contribution in [0.2, 0.25) is 0 Å². The van der Waals surface area contributed by atoms with Gasteiger partial charge in [0.15, 0.2) is 0 Å². The van der Waals surface area contributed by atoms with Crippen LogP contribution in [0, 0.1) is 0 Å². The highest BCUT2D eigenvalue weighted by Crippen LogP contribution is 2.44. The summed E-state index contributed by atoms with van der Waals surface area (Å²) in [4.78, 5) is 0. The summed E-state index contributed by atoms with van der Waals surface area (Å²) in [6, 6.07) is 51.8. The largest absolute Gasteiger partial charge is 0.0620 e. The molecule has 0 radical (unpaired) electrons. The lowest BCUT2D eigenvalue weighted by molar-refractivity contribution is 0.926. The first kappa shape index (κ1) is 25.3. The standard InChI is InChI=1S/C44H32/c1-2-14-31-28-32(25-24-29(31)12-1)34-26-27-42(36-18-6-5-17-35(34)36)44-40-21-9-7-19-38(40)43(39-20-8-10-22-41(39)44)37-23-11-15-30-13-3-4-16-33(30)37/h1-23,28H,24-27H2. The molecule has 7 aromatic carbocycles. The van der Waals surface area contributed by atoms with Gasteiger partial charge in [0.05, 0.1) is 0 Å². The van der Waals surface area contributed by atoms with Crippen molar-refractivity contribution < 1.29 is 0 Å². The van der Waals surface area contributed by atoms with Crippen molar-refractivity contribution in [1.29, 1.82) is 0 Å². The van der Waals surface area contributed by atoms with Gasteiger partial charge < -0.3 is 0 Å². The van der Waals surface area contributed by atoms with Gasteiger partial charge in [-0.05, 0) is 113 Å². The van der Waals surface area contributed by atoms with Gasteiger partial charge in [0.25, 0.3) is 0 Å². The normalized spacial score (nSPS) is 14.5. The van der Waals surface area contributed by atoms with Crippen molar-refractivity contribution in [3.8, 4) is 11.1 Å². The average molecular weight is 561 g/mol. The van der Waals surface area contributed by atoms with Crippen LogP contribution in [0.3, 0.4) is 0 Å². The van der Waals surface area contributed by atoms with Gasteiger partial charge in [-0.15, -0.1) is 0 Å². The number of aryl methyl sites for hydroxylation is 1. The maximum absolute atomic E-state index is 2.46. The highest BCUT2D eigenvalue weighted by atomic mass is 14.3. The zero-order valence-corrected chi connectivity index (χ0v) is 24.7. The van der Waals surface area contributed by atoms with E-state index in [1.807, 2.05) is 0 Å². The fourth-order valence-corrected chi connectivity index (χ4v) is 7.98. The van der Waals surface area contributed by atoms with E-state index >= 15 is 0 Å². The Labute approximate surface area is 257 Å². The molecule has 0 aliphatic heterocycles. The number of allylic oxidation sites excluding steroid dienone is 1. The van der Waals surface area contributed by atoms with Gasteiger partial charge in [-0.2, -0.15) is 0 Å². The minimum absolute atomic E-state index is 1.03. The molecule has 208 valence electrons. The van der Waals surface area contributed by atoms with Crippen LogP contribution in [-0.2, 0) is 6.42 Å². The topological polar surface area (TPSA) is 0 Å². The molecule has 2 aliphatic carbocycles. The van der Waals surface area contributed by atoms with E-state index in [0.717, 1.165) is 25.7 Å². The summed E-state index contributed by atoms with van der Waals surface area (Å²) in [6.07, 6.45) is 6.79. The summed E-state index contributed by atoms with van der Waals surface area (Å²) in [7, 11) is 0. The summed E-state index contributed by atoms with van der Waals surface area (Å²) in [5, 5.41) is 10.7. The summed E-state index contributed by atoms with van der Waals surface area (Å²) in [5.41, 5.74) is 11.4. The molecular weight excluding hydrogens is 528 g/mol. The predicted molar refractivity (Wildman–Crippen MR) is 188 cm³/mol. The first-order valence-electron chi connectivity index (χ1n) is 15.9. The summed E-state index contributed by atoms with van der Waals surface area (Å²) >= 11 is 0. The Hall–Kier alpha value is -5.20. The molecule has 0 heterocycles. The second-order valence-corrected chi connectivity index (χ2v) is 12.2. The van der Waals surface area contributed by atoms with Crippen LogP contribution in [0.5, 0.6) is 0 Å². The van der Waals surface area contributed by atoms with E-state index in [4.69, 9.17) is 0 Å². The Bertz CT molecular complexity index is 2370. The average Bonchev–Trinajstić information content (AvgIpc) is 3.10. The Morgan fingerprint density at radius 1 is 0.364 bits per heavy atom. The molecule has 44 heavy (non-hydrogen) atoms. The molecular formula is C44H32. The second kappa shape index (κ2) is 10.2. The molecule has 0 heteroatoms. The molecule has 0 spiro atoms. The van der Waals surface area contributed by atoms with Gasteiger partial charge in [0, 0.05) is 0 Å². The van der Waals surface area contributed by atoms with E-state index in [2.05, 4.69) is 146 Å². The van der Waals surface area contributed by atoms with Crippen molar-refractivity contribution in [2.75, 3.05) is 0 Å². The third kappa shape index (κ3) is 3.91. The molecule has 0 N–H and O–H groups in total. The Kier molecular flexibility index (Phi) is 5.87. The number of rotatable bonds is 3. The van der Waals surface area contributed by atoms with Crippen LogP contribution in [0.15, 0.2) is 145 Å². The van der Waals surface area contributed by atoms with Gasteiger partial charge in [-0.25, -0.2) is 0 Å². The summed E-state index contributed by atoms with van der Waals surface area (Å²) in [6.45, 7) is 0. The monoisotopic (exact) mass is 560 g/mol. The molecule has 0 amide bonds. The highest BCUT2D eigenvalue weighted by molar-refractivity contribution is 6.21. The van der Waals surface area contributed by atoms with E-state index in [0.29, 0.717) is 0 Å². The molecule has 0 saturated carbocycles. The van der Waals surface area contributed by atoms with E-state index < -0.39 is 0 Å². The van der Waals surface area contributed by atoms with Gasteiger partial charge in [-0.3, -0.25) is 0 Å². The molecule has 9 rings (SSSR count). The fourth-order valence-electron chi connectivity index (χ4n) is 7.98. The van der Waals surface area contributed by atoms with Crippen molar-refractivity contribution in [1.82, 2.24) is 0 Å². The van der Waals surface area contributed by atoms with Crippen molar-refractivity contribution in [3.63, 3.8) is 0 Å². The lowest BCUT2D eigenvalue weighted by Crippen LogP contribution is -2.33. The fraction of sp³-hybridized carbons (Fsp3) is 0.0909. The molecule has 0 aromatic heterocycles. The van der Waals surface area contributed by atoms with Crippen LogP contribution >= 0.6 is 0 Å². The maximum Gasteiger partial charge on any atom is -0.00201 e. The lowest BCUT2D eigenvalue weighted by Gasteiger charge is -2.25. The van der Waals surface area contributed by atoms with Crippen LogP contribution in [0.25, 0.3) is 60.7 Å². The van der Waals surface area contributed by atoms with Gasteiger partial charge in [-0.1, -0.05) is 146 Å². The molecule has 0 atom stereocenters. The minimum Gasteiger partial charge on any atom is -0.0620 e. The third-order valence-electron chi connectivity index (χ3n) is 9.93. The van der Waals surface area contributed by atoms with Gasteiger partial charge in [0.2, 0.25) is 0 Å². The van der Waals surface area contributed by atoms with Crippen LogP contribution in [-0.4, -0.2) is 0 Å². The summed E-state index contributed by atoms with van der Waals surface area (Å²) < 4.78 is 0. The predicted octanol–water partition coefficient (Wildman–Crippen LogP) is 9.99. The molecule has 0 saturated heterocycles. The van der Waals surface area contributed by atoms with Crippen molar-refractivity contribution >= 4 is 49.5 Å². The third-order valence-corrected chi connectivity index (χ3v) is 9.93. The molecule has 0 bridgehead atoms. The Balaban J connectivity index is 1.38. The highest BCUT2D eigenvalue weighted by Gasteiger charge is 2.23. The summed E-state index contributed by atoms with van der Waals surface area (Å²) in [5.74, 6) is 0. The Morgan fingerprint density at radius 3 is 1.66 bits per heavy atom. The number of benzene rings is 7. The minimum atomic E-state index is 1.03. The molecule has 0 fully saturated rings. The Morgan fingerprint density at radius 2 is 0.909 bits per heavy atom. The lowest BCUT2D eigenvalue weighted by atomic mass is 9.79. The number of hydrogen-bond acceptors (Lipinski definition) is 0. The maximum atomic E-state index is 2.46. The van der Waals surface area contributed by atoms with E-state index in [1.54, 1.807) is 0 Å². The van der Waals surface area contributed by atoms with Crippen LogP contribution < -0.4 is 10.4 Å². The zero-order valence-electron chi connectivity index (χ0n) is 24.7.